The Labute approximate surface area is 228 Å². The molecule has 0 aliphatic rings. The highest BCUT2D eigenvalue weighted by molar-refractivity contribution is 7.98. The van der Waals surface area contributed by atoms with Crippen molar-refractivity contribution in [2.45, 2.75) is 18.7 Å². The smallest absolute Gasteiger partial charge is 0.484 e. The van der Waals surface area contributed by atoms with Gasteiger partial charge in [0.2, 0.25) is 0 Å². The summed E-state index contributed by atoms with van der Waals surface area (Å²) in [5, 5.41) is 8.71. The summed E-state index contributed by atoms with van der Waals surface area (Å²) in [4.78, 5) is 28.5. The van der Waals surface area contributed by atoms with Crippen molar-refractivity contribution in [2.75, 3.05) is 18.9 Å². The van der Waals surface area contributed by atoms with E-state index < -0.39 is 18.0 Å². The molecule has 0 aliphatic heterocycles. The van der Waals surface area contributed by atoms with Crippen molar-refractivity contribution in [3.63, 3.8) is 0 Å². The van der Waals surface area contributed by atoms with E-state index in [2.05, 4.69) is 20.4 Å². The van der Waals surface area contributed by atoms with E-state index in [0.29, 0.717) is 33.1 Å². The van der Waals surface area contributed by atoms with E-state index in [4.69, 9.17) is 27.9 Å². The molecule has 198 valence electrons. The SMILES string of the molecule is O=C(COc1ccc(OC(F)(F)F)cc1)NCc1nc(C(=O)NCCSCc2c(Cl)cccc2Cl)cs1. The Morgan fingerprint density at radius 2 is 1.70 bits per heavy atom. The Morgan fingerprint density at radius 3 is 2.38 bits per heavy atom. The molecule has 0 saturated carbocycles. The second-order valence-electron chi connectivity index (χ2n) is 7.22. The summed E-state index contributed by atoms with van der Waals surface area (Å²) < 4.78 is 45.6. The minimum Gasteiger partial charge on any atom is -0.484 e. The topological polar surface area (TPSA) is 89.6 Å². The van der Waals surface area contributed by atoms with Gasteiger partial charge in [0.05, 0.1) is 6.54 Å². The Balaban J connectivity index is 1.33. The molecule has 0 atom stereocenters. The first kappa shape index (κ1) is 28.9. The molecule has 7 nitrogen and oxygen atoms in total. The normalized spacial score (nSPS) is 11.2. The first-order chi connectivity index (χ1) is 17.6. The van der Waals surface area contributed by atoms with Gasteiger partial charge in [0.15, 0.2) is 6.61 Å². The molecule has 37 heavy (non-hydrogen) atoms. The number of rotatable bonds is 12. The van der Waals surface area contributed by atoms with Crippen LogP contribution >= 0.6 is 46.3 Å². The first-order valence-electron chi connectivity index (χ1n) is 10.6. The van der Waals surface area contributed by atoms with Gasteiger partial charge in [-0.3, -0.25) is 9.59 Å². The highest BCUT2D eigenvalue weighted by Gasteiger charge is 2.31. The van der Waals surface area contributed by atoms with E-state index in [1.807, 2.05) is 0 Å². The summed E-state index contributed by atoms with van der Waals surface area (Å²) in [5.41, 5.74) is 1.10. The summed E-state index contributed by atoms with van der Waals surface area (Å²) in [6, 6.07) is 10.0. The zero-order valence-corrected chi connectivity index (χ0v) is 22.1. The maximum atomic E-state index is 12.3. The van der Waals surface area contributed by atoms with Gasteiger partial charge >= 0.3 is 6.36 Å². The fourth-order valence-electron chi connectivity index (χ4n) is 2.78. The van der Waals surface area contributed by atoms with Gasteiger partial charge in [-0.05, 0) is 42.0 Å². The largest absolute Gasteiger partial charge is 0.573 e. The van der Waals surface area contributed by atoms with Crippen LogP contribution in [-0.2, 0) is 17.1 Å². The van der Waals surface area contributed by atoms with Crippen LogP contribution in [-0.4, -0.2) is 42.1 Å². The maximum absolute atomic E-state index is 12.3. The monoisotopic (exact) mass is 593 g/mol. The number of carbonyl (C=O) groups is 2. The van der Waals surface area contributed by atoms with Gasteiger partial charge in [0, 0.05) is 33.5 Å². The average molecular weight is 594 g/mol. The highest BCUT2D eigenvalue weighted by Crippen LogP contribution is 2.28. The highest BCUT2D eigenvalue weighted by atomic mass is 35.5. The number of thiazole rings is 1. The predicted octanol–water partition coefficient (Wildman–Crippen LogP) is 5.71. The number of aromatic nitrogens is 1. The molecular weight excluding hydrogens is 574 g/mol. The van der Waals surface area contributed by atoms with Crippen LogP contribution in [0.4, 0.5) is 13.2 Å². The molecule has 0 fully saturated rings. The number of nitrogens with one attached hydrogen (secondary N) is 2. The quantitative estimate of drug-likeness (QED) is 0.262. The van der Waals surface area contributed by atoms with E-state index in [1.54, 1.807) is 35.3 Å². The lowest BCUT2D eigenvalue weighted by Gasteiger charge is -2.10. The molecule has 0 bridgehead atoms. The summed E-state index contributed by atoms with van der Waals surface area (Å²) >= 11 is 15.1. The molecule has 0 unspecified atom stereocenters. The second kappa shape index (κ2) is 13.8. The number of benzene rings is 2. The van der Waals surface area contributed by atoms with Gasteiger partial charge in [0.1, 0.15) is 22.2 Å². The van der Waals surface area contributed by atoms with Crippen LogP contribution in [0.3, 0.4) is 0 Å². The van der Waals surface area contributed by atoms with Crippen LogP contribution in [0.5, 0.6) is 11.5 Å². The van der Waals surface area contributed by atoms with E-state index in [1.165, 1.54) is 23.5 Å². The lowest BCUT2D eigenvalue weighted by atomic mass is 10.2. The predicted molar refractivity (Wildman–Crippen MR) is 138 cm³/mol. The zero-order chi connectivity index (χ0) is 26.8. The number of carbonyl (C=O) groups excluding carboxylic acids is 2. The van der Waals surface area contributed by atoms with Gasteiger partial charge in [-0.15, -0.1) is 24.5 Å². The second-order valence-corrected chi connectivity index (χ2v) is 10.1. The molecule has 0 spiro atoms. The number of nitrogens with zero attached hydrogens (tertiary/aromatic N) is 1. The van der Waals surface area contributed by atoms with Crippen molar-refractivity contribution >= 4 is 58.1 Å². The van der Waals surface area contributed by atoms with Crippen LogP contribution in [0.25, 0.3) is 0 Å². The molecule has 0 radical (unpaired) electrons. The lowest BCUT2D eigenvalue weighted by Crippen LogP contribution is -2.28. The van der Waals surface area contributed by atoms with Crippen molar-refractivity contribution in [1.29, 1.82) is 0 Å². The van der Waals surface area contributed by atoms with Crippen LogP contribution in [0.15, 0.2) is 47.8 Å². The van der Waals surface area contributed by atoms with E-state index in [9.17, 15) is 22.8 Å². The first-order valence-corrected chi connectivity index (χ1v) is 13.4. The Morgan fingerprint density at radius 1 is 1.03 bits per heavy atom. The fraction of sp³-hybridized carbons (Fsp3) is 0.261. The number of hydrogen-bond acceptors (Lipinski definition) is 7. The number of thioether (sulfide) groups is 1. The number of amides is 2. The van der Waals surface area contributed by atoms with Gasteiger partial charge in [-0.2, -0.15) is 11.8 Å². The van der Waals surface area contributed by atoms with Crippen LogP contribution in [0.1, 0.15) is 21.1 Å². The van der Waals surface area contributed by atoms with Crippen LogP contribution < -0.4 is 20.1 Å². The van der Waals surface area contributed by atoms with Crippen molar-refractivity contribution in [2.24, 2.45) is 0 Å². The third kappa shape index (κ3) is 9.95. The minimum absolute atomic E-state index is 0.0902. The van der Waals surface area contributed by atoms with E-state index in [0.717, 1.165) is 17.7 Å². The van der Waals surface area contributed by atoms with Gasteiger partial charge < -0.3 is 20.1 Å². The Kier molecular flexibility index (Phi) is 10.7. The Bertz CT molecular complexity index is 1190. The number of alkyl halides is 3. The zero-order valence-electron chi connectivity index (χ0n) is 18.9. The molecule has 2 amide bonds. The summed E-state index contributed by atoms with van der Waals surface area (Å²) in [5.74, 6) is 0.285. The van der Waals surface area contributed by atoms with Crippen LogP contribution in [0, 0.1) is 0 Å². The van der Waals surface area contributed by atoms with E-state index in [-0.39, 0.29) is 30.5 Å². The summed E-state index contributed by atoms with van der Waals surface area (Å²) in [7, 11) is 0. The van der Waals surface area contributed by atoms with E-state index >= 15 is 0 Å². The molecule has 3 rings (SSSR count). The third-order valence-electron chi connectivity index (χ3n) is 4.49. The number of ether oxygens (including phenoxy) is 2. The fourth-order valence-corrected chi connectivity index (χ4v) is 5.09. The average Bonchev–Trinajstić information content (AvgIpc) is 3.32. The molecule has 14 heteroatoms. The number of hydrogen-bond donors (Lipinski definition) is 2. The van der Waals surface area contributed by atoms with Crippen LogP contribution in [0.2, 0.25) is 10.0 Å². The lowest BCUT2D eigenvalue weighted by molar-refractivity contribution is -0.274. The summed E-state index contributed by atoms with van der Waals surface area (Å²) in [6.45, 7) is 0.165. The van der Waals surface area contributed by atoms with Gasteiger partial charge in [0.25, 0.3) is 11.8 Å². The molecule has 1 aromatic heterocycles. The third-order valence-corrected chi connectivity index (χ3v) is 7.03. The van der Waals surface area contributed by atoms with Crippen molar-refractivity contribution in [3.8, 4) is 11.5 Å². The van der Waals surface area contributed by atoms with Crippen molar-refractivity contribution in [1.82, 2.24) is 15.6 Å². The molecule has 1 heterocycles. The summed E-state index contributed by atoms with van der Waals surface area (Å²) in [6.07, 6.45) is -4.79. The van der Waals surface area contributed by atoms with Gasteiger partial charge in [-0.1, -0.05) is 29.3 Å². The maximum Gasteiger partial charge on any atom is 0.573 e. The molecule has 0 aliphatic carbocycles. The Hall–Kier alpha value is -2.67. The number of halogens is 5. The molecule has 2 N–H and O–H groups in total. The van der Waals surface area contributed by atoms with Crippen molar-refractivity contribution in [3.05, 3.63) is 74.2 Å². The minimum atomic E-state index is -4.79. The van der Waals surface area contributed by atoms with Gasteiger partial charge in [-0.25, -0.2) is 4.98 Å². The molecule has 3 aromatic rings. The molecular formula is C23H20Cl2F3N3O4S2. The molecule has 2 aromatic carbocycles. The van der Waals surface area contributed by atoms with Crippen molar-refractivity contribution < 1.29 is 32.2 Å². The standard InChI is InChI=1S/C23H20Cl2F3N3O4S2/c24-17-2-1-3-18(25)16(17)12-36-9-8-29-22(33)19-13-37-21(31-19)10-30-20(32)11-34-14-4-6-15(7-5-14)35-23(26,27)28/h1-7,13H,8-12H2,(H,29,33)(H,30,32). The molecule has 0 saturated heterocycles.